The molecule has 0 radical (unpaired) electrons. The molecule has 0 aromatic heterocycles. The van der Waals surface area contributed by atoms with Crippen LogP contribution >= 0.6 is 11.6 Å². The number of carbonyl (C=O) groups is 1. The van der Waals surface area contributed by atoms with E-state index in [9.17, 15) is 13.2 Å². The summed E-state index contributed by atoms with van der Waals surface area (Å²) >= 11 is 6.17. The van der Waals surface area contributed by atoms with E-state index in [1.165, 1.54) is 17.7 Å². The monoisotopic (exact) mass is 484 g/mol. The average molecular weight is 485 g/mol. The molecule has 1 N–H and O–H groups in total. The minimum atomic E-state index is -3.98. The van der Waals surface area contributed by atoms with Crippen molar-refractivity contribution in [2.45, 2.75) is 45.1 Å². The number of nitrogens with one attached hydrogen (secondary N) is 1. The molecule has 0 aliphatic carbocycles. The quantitative estimate of drug-likeness (QED) is 0.449. The lowest BCUT2D eigenvalue weighted by molar-refractivity contribution is -0.119. The highest BCUT2D eigenvalue weighted by molar-refractivity contribution is 7.92. The SMILES string of the molecule is CCc1ccc(CC)c(CNC(=O)CN(c2cc(Cl)ccc2C)S(=O)(=O)c2ccccc2)c1. The maximum absolute atomic E-state index is 13.5. The molecule has 0 aliphatic heterocycles. The second-order valence-corrected chi connectivity index (χ2v) is 10.1. The van der Waals surface area contributed by atoms with Gasteiger partial charge in [0.15, 0.2) is 0 Å². The molecule has 0 heterocycles. The van der Waals surface area contributed by atoms with E-state index >= 15 is 0 Å². The van der Waals surface area contributed by atoms with Crippen molar-refractivity contribution in [2.24, 2.45) is 0 Å². The Morgan fingerprint density at radius 1 is 0.939 bits per heavy atom. The topological polar surface area (TPSA) is 66.5 Å². The molecule has 3 aromatic carbocycles. The van der Waals surface area contributed by atoms with Gasteiger partial charge in [-0.15, -0.1) is 0 Å². The highest BCUT2D eigenvalue weighted by Gasteiger charge is 2.28. The number of amides is 1. The van der Waals surface area contributed by atoms with Gasteiger partial charge in [0.1, 0.15) is 6.54 Å². The zero-order valence-electron chi connectivity index (χ0n) is 19.1. The van der Waals surface area contributed by atoms with Crippen LogP contribution in [0, 0.1) is 6.92 Å². The van der Waals surface area contributed by atoms with Crippen LogP contribution in [0.3, 0.4) is 0 Å². The van der Waals surface area contributed by atoms with Gasteiger partial charge < -0.3 is 5.32 Å². The predicted octanol–water partition coefficient (Wildman–Crippen LogP) is 5.28. The van der Waals surface area contributed by atoms with Crippen LogP contribution in [-0.2, 0) is 34.2 Å². The Bertz CT molecular complexity index is 1230. The summed E-state index contributed by atoms with van der Waals surface area (Å²) in [6.45, 7) is 5.93. The third-order valence-corrected chi connectivity index (χ3v) is 7.60. The highest BCUT2D eigenvalue weighted by atomic mass is 35.5. The maximum Gasteiger partial charge on any atom is 0.264 e. The molecule has 0 saturated heterocycles. The van der Waals surface area contributed by atoms with Gasteiger partial charge in [-0.3, -0.25) is 9.10 Å². The molecule has 5 nitrogen and oxygen atoms in total. The van der Waals surface area contributed by atoms with Gasteiger partial charge in [0.2, 0.25) is 5.91 Å². The van der Waals surface area contributed by atoms with Crippen molar-refractivity contribution in [3.05, 3.63) is 94.0 Å². The second kappa shape index (κ2) is 10.9. The summed E-state index contributed by atoms with van der Waals surface area (Å²) in [5, 5.41) is 3.30. The third-order valence-electron chi connectivity index (χ3n) is 5.59. The molecule has 3 rings (SSSR count). The molecule has 0 fully saturated rings. The Hall–Kier alpha value is -2.83. The lowest BCUT2D eigenvalue weighted by Crippen LogP contribution is -2.41. The second-order valence-electron chi connectivity index (χ2n) is 7.84. The van der Waals surface area contributed by atoms with E-state index in [1.807, 2.05) is 0 Å². The number of benzene rings is 3. The number of anilines is 1. The number of rotatable bonds is 9. The van der Waals surface area contributed by atoms with Gasteiger partial charge in [-0.2, -0.15) is 0 Å². The van der Waals surface area contributed by atoms with Gasteiger partial charge in [0.25, 0.3) is 10.0 Å². The summed E-state index contributed by atoms with van der Waals surface area (Å²) in [6.07, 6.45) is 1.76. The fourth-order valence-corrected chi connectivity index (χ4v) is 5.32. The van der Waals surface area contributed by atoms with Crippen LogP contribution in [0.2, 0.25) is 5.02 Å². The van der Waals surface area contributed by atoms with Crippen LogP contribution in [-0.4, -0.2) is 20.9 Å². The average Bonchev–Trinajstić information content (AvgIpc) is 2.83. The first-order valence-electron chi connectivity index (χ1n) is 11.0. The molecule has 0 unspecified atom stereocenters. The van der Waals surface area contributed by atoms with E-state index in [4.69, 9.17) is 11.6 Å². The van der Waals surface area contributed by atoms with Crippen molar-refractivity contribution in [1.29, 1.82) is 0 Å². The zero-order valence-corrected chi connectivity index (χ0v) is 20.7. The normalized spacial score (nSPS) is 11.3. The molecule has 0 bridgehead atoms. The van der Waals surface area contributed by atoms with Gasteiger partial charge in [-0.25, -0.2) is 8.42 Å². The number of hydrogen-bond acceptors (Lipinski definition) is 3. The van der Waals surface area contributed by atoms with Crippen LogP contribution in [0.5, 0.6) is 0 Å². The van der Waals surface area contributed by atoms with Crippen molar-refractivity contribution in [3.63, 3.8) is 0 Å². The number of sulfonamides is 1. The van der Waals surface area contributed by atoms with Crippen LogP contribution in [0.4, 0.5) is 5.69 Å². The van der Waals surface area contributed by atoms with E-state index < -0.39 is 15.9 Å². The molecule has 1 amide bonds. The molecule has 0 aliphatic rings. The molecule has 7 heteroatoms. The summed E-state index contributed by atoms with van der Waals surface area (Å²) in [6, 6.07) is 19.4. The minimum Gasteiger partial charge on any atom is -0.350 e. The molecular weight excluding hydrogens is 456 g/mol. The number of nitrogens with zero attached hydrogens (tertiary/aromatic N) is 1. The van der Waals surface area contributed by atoms with E-state index in [0.717, 1.165) is 28.3 Å². The smallest absolute Gasteiger partial charge is 0.264 e. The molecule has 0 spiro atoms. The minimum absolute atomic E-state index is 0.112. The van der Waals surface area contributed by atoms with Gasteiger partial charge in [-0.1, -0.05) is 67.9 Å². The van der Waals surface area contributed by atoms with Crippen molar-refractivity contribution in [1.82, 2.24) is 5.32 Å². The summed E-state index contributed by atoms with van der Waals surface area (Å²) in [5.74, 6) is -0.391. The number of halogens is 1. The lowest BCUT2D eigenvalue weighted by Gasteiger charge is -2.26. The van der Waals surface area contributed by atoms with Gasteiger partial charge in [0.05, 0.1) is 10.6 Å². The fourth-order valence-electron chi connectivity index (χ4n) is 3.66. The van der Waals surface area contributed by atoms with Gasteiger partial charge in [-0.05, 0) is 66.3 Å². The zero-order chi connectivity index (χ0) is 24.0. The Balaban J connectivity index is 1.90. The maximum atomic E-state index is 13.5. The van der Waals surface area contributed by atoms with Crippen LogP contribution in [0.25, 0.3) is 0 Å². The summed E-state index contributed by atoms with van der Waals surface area (Å²) in [4.78, 5) is 13.1. The number of hydrogen-bond donors (Lipinski definition) is 1. The van der Waals surface area contributed by atoms with E-state index in [-0.39, 0.29) is 11.4 Å². The van der Waals surface area contributed by atoms with E-state index in [0.29, 0.717) is 22.8 Å². The summed E-state index contributed by atoms with van der Waals surface area (Å²) < 4.78 is 28.1. The van der Waals surface area contributed by atoms with Crippen molar-refractivity contribution in [2.75, 3.05) is 10.8 Å². The Labute approximate surface area is 201 Å². The number of aryl methyl sites for hydroxylation is 3. The summed E-state index contributed by atoms with van der Waals surface area (Å²) in [5.41, 5.74) is 4.48. The van der Waals surface area contributed by atoms with E-state index in [1.54, 1.807) is 43.3 Å². The third kappa shape index (κ3) is 5.95. The molecule has 0 atom stereocenters. The molecule has 0 saturated carbocycles. The van der Waals surface area contributed by atoms with E-state index in [2.05, 4.69) is 37.4 Å². The largest absolute Gasteiger partial charge is 0.350 e. The predicted molar refractivity (Wildman–Crippen MR) is 134 cm³/mol. The standard InChI is InChI=1S/C26H29ClN2O3S/c1-4-20-12-13-21(5-2)22(15-20)17-28-26(30)18-29(25-16-23(27)14-11-19(25)3)33(31,32)24-9-7-6-8-10-24/h6-16H,4-5,17-18H2,1-3H3,(H,28,30). The van der Waals surface area contributed by atoms with Crippen LogP contribution in [0.15, 0.2) is 71.6 Å². The molecule has 174 valence electrons. The first-order chi connectivity index (χ1) is 15.8. The number of carbonyl (C=O) groups excluding carboxylic acids is 1. The molecular formula is C26H29ClN2O3S. The van der Waals surface area contributed by atoms with Gasteiger partial charge >= 0.3 is 0 Å². The molecule has 3 aromatic rings. The summed E-state index contributed by atoms with van der Waals surface area (Å²) in [7, 11) is -3.98. The van der Waals surface area contributed by atoms with Crippen LogP contribution < -0.4 is 9.62 Å². The highest BCUT2D eigenvalue weighted by Crippen LogP contribution is 2.29. The first kappa shape index (κ1) is 24.8. The fraction of sp³-hybridized carbons (Fsp3) is 0.269. The Morgan fingerprint density at radius 2 is 1.67 bits per heavy atom. The molecule has 33 heavy (non-hydrogen) atoms. The Morgan fingerprint density at radius 3 is 2.33 bits per heavy atom. The van der Waals surface area contributed by atoms with Crippen molar-refractivity contribution < 1.29 is 13.2 Å². The van der Waals surface area contributed by atoms with Crippen LogP contribution in [0.1, 0.15) is 36.1 Å². The van der Waals surface area contributed by atoms with Gasteiger partial charge in [0, 0.05) is 11.6 Å². The van der Waals surface area contributed by atoms with Crippen molar-refractivity contribution in [3.8, 4) is 0 Å². The van der Waals surface area contributed by atoms with Crippen molar-refractivity contribution >= 4 is 33.2 Å². The lowest BCUT2D eigenvalue weighted by atomic mass is 10.0. The first-order valence-corrected chi connectivity index (χ1v) is 12.8. The Kier molecular flexibility index (Phi) is 8.16.